The smallest absolute Gasteiger partial charge is 0.254 e. The second-order valence-corrected chi connectivity index (χ2v) is 6.75. The zero-order chi connectivity index (χ0) is 17.4. The van der Waals surface area contributed by atoms with Crippen LogP contribution >= 0.6 is 0 Å². The fourth-order valence-electron chi connectivity index (χ4n) is 3.52. The number of benzene rings is 2. The SMILES string of the molecule is COc1ccc(C(=O)N2CCN(C(=O)C3CC3)CC2)c2ccccc12. The van der Waals surface area contributed by atoms with Crippen molar-refractivity contribution in [2.75, 3.05) is 33.3 Å². The predicted molar refractivity (Wildman–Crippen MR) is 95.7 cm³/mol. The Labute approximate surface area is 147 Å². The first-order valence-electron chi connectivity index (χ1n) is 8.83. The number of ether oxygens (including phenoxy) is 1. The molecule has 0 aromatic heterocycles. The molecule has 2 aromatic carbocycles. The molecule has 1 saturated carbocycles. The number of carbonyl (C=O) groups is 2. The highest BCUT2D eigenvalue weighted by molar-refractivity contribution is 6.08. The number of amides is 2. The summed E-state index contributed by atoms with van der Waals surface area (Å²) in [6, 6.07) is 11.5. The number of hydrogen-bond donors (Lipinski definition) is 0. The Balaban J connectivity index is 1.54. The van der Waals surface area contributed by atoms with Gasteiger partial charge in [0.2, 0.25) is 5.91 Å². The highest BCUT2D eigenvalue weighted by atomic mass is 16.5. The molecule has 2 fully saturated rings. The normalized spacial score (nSPS) is 17.6. The Morgan fingerprint density at radius 3 is 2.20 bits per heavy atom. The fraction of sp³-hybridized carbons (Fsp3) is 0.400. The molecular weight excluding hydrogens is 316 g/mol. The van der Waals surface area contributed by atoms with Gasteiger partial charge in [0.05, 0.1) is 7.11 Å². The van der Waals surface area contributed by atoms with Crippen LogP contribution in [0.4, 0.5) is 0 Å². The monoisotopic (exact) mass is 338 g/mol. The zero-order valence-electron chi connectivity index (χ0n) is 14.4. The van der Waals surface area contributed by atoms with E-state index >= 15 is 0 Å². The van der Waals surface area contributed by atoms with Crippen molar-refractivity contribution in [1.29, 1.82) is 0 Å². The first-order valence-corrected chi connectivity index (χ1v) is 8.83. The summed E-state index contributed by atoms with van der Waals surface area (Å²) in [5.41, 5.74) is 0.693. The van der Waals surface area contributed by atoms with E-state index in [0.717, 1.165) is 29.4 Å². The number of nitrogens with zero attached hydrogens (tertiary/aromatic N) is 2. The van der Waals surface area contributed by atoms with Crippen molar-refractivity contribution < 1.29 is 14.3 Å². The van der Waals surface area contributed by atoms with Gasteiger partial charge in [0.25, 0.3) is 5.91 Å². The molecule has 5 nitrogen and oxygen atoms in total. The van der Waals surface area contributed by atoms with E-state index in [1.165, 1.54) is 0 Å². The number of fused-ring (bicyclic) bond motifs is 1. The quantitative estimate of drug-likeness (QED) is 0.864. The summed E-state index contributed by atoms with van der Waals surface area (Å²) >= 11 is 0. The summed E-state index contributed by atoms with van der Waals surface area (Å²) in [5, 5.41) is 1.85. The summed E-state index contributed by atoms with van der Waals surface area (Å²) in [4.78, 5) is 28.9. The molecule has 0 atom stereocenters. The highest BCUT2D eigenvalue weighted by Gasteiger charge is 2.35. The topological polar surface area (TPSA) is 49.9 Å². The van der Waals surface area contributed by atoms with Crippen LogP contribution in [0.2, 0.25) is 0 Å². The molecule has 25 heavy (non-hydrogen) atoms. The summed E-state index contributed by atoms with van der Waals surface area (Å²) in [6.07, 6.45) is 2.05. The molecule has 2 aliphatic rings. The summed E-state index contributed by atoms with van der Waals surface area (Å²) < 4.78 is 5.41. The van der Waals surface area contributed by atoms with Crippen molar-refractivity contribution >= 4 is 22.6 Å². The van der Waals surface area contributed by atoms with Crippen LogP contribution < -0.4 is 4.74 Å². The Kier molecular flexibility index (Phi) is 4.07. The average Bonchev–Trinajstić information content (AvgIpc) is 3.51. The molecule has 0 N–H and O–H groups in total. The van der Waals surface area contributed by atoms with E-state index in [-0.39, 0.29) is 17.7 Å². The van der Waals surface area contributed by atoms with Crippen LogP contribution in [0.3, 0.4) is 0 Å². The van der Waals surface area contributed by atoms with E-state index in [1.54, 1.807) is 7.11 Å². The van der Waals surface area contributed by atoms with Gasteiger partial charge >= 0.3 is 0 Å². The molecular formula is C20H22N2O3. The van der Waals surface area contributed by atoms with E-state index in [2.05, 4.69) is 0 Å². The Morgan fingerprint density at radius 2 is 1.56 bits per heavy atom. The molecule has 1 saturated heterocycles. The van der Waals surface area contributed by atoms with Gasteiger partial charge in [-0.15, -0.1) is 0 Å². The third-order valence-corrected chi connectivity index (χ3v) is 5.14. The van der Waals surface area contributed by atoms with Crippen LogP contribution in [0.15, 0.2) is 36.4 Å². The van der Waals surface area contributed by atoms with Gasteiger partial charge < -0.3 is 14.5 Å². The standard InChI is InChI=1S/C20H22N2O3/c1-25-18-9-8-17(15-4-2-3-5-16(15)18)20(24)22-12-10-21(11-13-22)19(23)14-6-7-14/h2-5,8-9,14H,6-7,10-13H2,1H3. The molecule has 5 heteroatoms. The molecule has 4 rings (SSSR count). The molecule has 130 valence electrons. The lowest BCUT2D eigenvalue weighted by Gasteiger charge is -2.35. The molecule has 1 aliphatic carbocycles. The molecule has 1 heterocycles. The molecule has 1 aliphatic heterocycles. The van der Waals surface area contributed by atoms with Crippen molar-refractivity contribution in [1.82, 2.24) is 9.80 Å². The lowest BCUT2D eigenvalue weighted by atomic mass is 10.0. The Morgan fingerprint density at radius 1 is 0.920 bits per heavy atom. The number of rotatable bonds is 3. The van der Waals surface area contributed by atoms with Gasteiger partial charge in [-0.05, 0) is 30.4 Å². The number of methoxy groups -OCH3 is 1. The van der Waals surface area contributed by atoms with Crippen molar-refractivity contribution in [2.45, 2.75) is 12.8 Å². The van der Waals surface area contributed by atoms with Crippen LogP contribution in [0.5, 0.6) is 5.75 Å². The van der Waals surface area contributed by atoms with E-state index in [4.69, 9.17) is 4.74 Å². The van der Waals surface area contributed by atoms with E-state index in [0.29, 0.717) is 31.7 Å². The van der Waals surface area contributed by atoms with Crippen LogP contribution in [0, 0.1) is 5.92 Å². The van der Waals surface area contributed by atoms with E-state index in [9.17, 15) is 9.59 Å². The largest absolute Gasteiger partial charge is 0.496 e. The summed E-state index contributed by atoms with van der Waals surface area (Å²) in [7, 11) is 1.64. The number of hydrogen-bond acceptors (Lipinski definition) is 3. The van der Waals surface area contributed by atoms with Crippen LogP contribution in [-0.4, -0.2) is 54.9 Å². The molecule has 2 amide bonds. The fourth-order valence-corrected chi connectivity index (χ4v) is 3.52. The van der Waals surface area contributed by atoms with Gasteiger partial charge in [0.15, 0.2) is 0 Å². The predicted octanol–water partition coefficient (Wildman–Crippen LogP) is 2.54. The van der Waals surface area contributed by atoms with Crippen molar-refractivity contribution in [3.8, 4) is 5.75 Å². The molecule has 0 bridgehead atoms. The van der Waals surface area contributed by atoms with Gasteiger partial charge in [0.1, 0.15) is 5.75 Å². The lowest BCUT2D eigenvalue weighted by molar-refractivity contribution is -0.134. The molecule has 2 aromatic rings. The zero-order valence-corrected chi connectivity index (χ0v) is 14.4. The second-order valence-electron chi connectivity index (χ2n) is 6.75. The van der Waals surface area contributed by atoms with Gasteiger partial charge in [-0.2, -0.15) is 0 Å². The van der Waals surface area contributed by atoms with E-state index < -0.39 is 0 Å². The minimum absolute atomic E-state index is 0.0253. The third-order valence-electron chi connectivity index (χ3n) is 5.14. The third kappa shape index (κ3) is 2.95. The maximum Gasteiger partial charge on any atom is 0.254 e. The van der Waals surface area contributed by atoms with Gasteiger partial charge in [0, 0.05) is 43.0 Å². The van der Waals surface area contributed by atoms with Gasteiger partial charge in [-0.3, -0.25) is 9.59 Å². The second kappa shape index (κ2) is 6.39. The summed E-state index contributed by atoms with van der Waals surface area (Å²) in [6.45, 7) is 2.46. The van der Waals surface area contributed by atoms with Crippen molar-refractivity contribution in [3.63, 3.8) is 0 Å². The Hall–Kier alpha value is -2.56. The van der Waals surface area contributed by atoms with Crippen LogP contribution in [-0.2, 0) is 4.79 Å². The lowest BCUT2D eigenvalue weighted by Crippen LogP contribution is -2.51. The van der Waals surface area contributed by atoms with Crippen molar-refractivity contribution in [3.05, 3.63) is 42.0 Å². The molecule has 0 unspecified atom stereocenters. The highest BCUT2D eigenvalue weighted by Crippen LogP contribution is 2.32. The minimum atomic E-state index is 0.0253. The average molecular weight is 338 g/mol. The van der Waals surface area contributed by atoms with Crippen molar-refractivity contribution in [2.24, 2.45) is 5.92 Å². The number of piperazine rings is 1. The van der Waals surface area contributed by atoms with E-state index in [1.807, 2.05) is 46.2 Å². The molecule has 0 radical (unpaired) electrons. The van der Waals surface area contributed by atoms with Crippen LogP contribution in [0.25, 0.3) is 10.8 Å². The first kappa shape index (κ1) is 15.9. The molecule has 0 spiro atoms. The maximum atomic E-state index is 13.0. The van der Waals surface area contributed by atoms with Gasteiger partial charge in [-0.1, -0.05) is 24.3 Å². The summed E-state index contributed by atoms with van der Waals surface area (Å²) in [5.74, 6) is 1.30. The maximum absolute atomic E-state index is 13.0. The van der Waals surface area contributed by atoms with Crippen LogP contribution in [0.1, 0.15) is 23.2 Å². The Bertz CT molecular complexity index is 821. The number of carbonyl (C=O) groups excluding carboxylic acids is 2. The van der Waals surface area contributed by atoms with Gasteiger partial charge in [-0.25, -0.2) is 0 Å². The first-order chi connectivity index (χ1) is 12.2. The minimum Gasteiger partial charge on any atom is -0.496 e.